The Morgan fingerprint density at radius 3 is 2.26 bits per heavy atom. The number of benzene rings is 1. The summed E-state index contributed by atoms with van der Waals surface area (Å²) in [6.07, 6.45) is 4.80. The summed E-state index contributed by atoms with van der Waals surface area (Å²) in [6, 6.07) is 4.13. The van der Waals surface area contributed by atoms with Gasteiger partial charge in [0, 0.05) is 26.1 Å². The normalized spacial score (nSPS) is 21.0. The Hall–Kier alpha value is -2.23. The van der Waals surface area contributed by atoms with Gasteiger partial charge < -0.3 is 5.32 Å². The monoisotopic (exact) mass is 467 g/mol. The minimum absolute atomic E-state index is 0.0223. The van der Waals surface area contributed by atoms with Gasteiger partial charge in [-0.05, 0) is 31.0 Å². The lowest BCUT2D eigenvalue weighted by Crippen LogP contribution is -2.34. The number of nitrogens with one attached hydrogen (secondary N) is 1. The van der Waals surface area contributed by atoms with Crippen molar-refractivity contribution in [2.45, 2.75) is 38.0 Å². The lowest BCUT2D eigenvalue weighted by molar-refractivity contribution is -0.140. The number of carbonyl (C=O) groups excluding carboxylic acids is 3. The van der Waals surface area contributed by atoms with Gasteiger partial charge in [-0.15, -0.1) is 0 Å². The van der Waals surface area contributed by atoms with E-state index in [1.54, 1.807) is 13.8 Å². The molecular weight excluding hydrogens is 442 g/mol. The van der Waals surface area contributed by atoms with Crippen LogP contribution in [0.25, 0.3) is 0 Å². The van der Waals surface area contributed by atoms with Crippen molar-refractivity contribution in [3.05, 3.63) is 35.4 Å². The fourth-order valence-corrected chi connectivity index (χ4v) is 5.64. The number of rotatable bonds is 8. The number of allylic oxidation sites excluding steroid dienone is 2. The van der Waals surface area contributed by atoms with E-state index in [0.717, 1.165) is 4.90 Å². The van der Waals surface area contributed by atoms with Crippen molar-refractivity contribution in [3.63, 3.8) is 0 Å². The van der Waals surface area contributed by atoms with Gasteiger partial charge in [-0.2, -0.15) is 4.31 Å². The molecule has 1 aromatic carbocycles. The number of halogens is 1. The van der Waals surface area contributed by atoms with Crippen LogP contribution in [0.1, 0.15) is 33.1 Å². The van der Waals surface area contributed by atoms with E-state index in [-0.39, 0.29) is 52.2 Å². The summed E-state index contributed by atoms with van der Waals surface area (Å²) < 4.78 is 26.8. The van der Waals surface area contributed by atoms with E-state index in [2.05, 4.69) is 5.32 Å². The minimum Gasteiger partial charge on any atom is -0.325 e. The third kappa shape index (κ3) is 4.68. The van der Waals surface area contributed by atoms with Crippen LogP contribution >= 0.6 is 11.6 Å². The van der Waals surface area contributed by atoms with Gasteiger partial charge in [-0.1, -0.05) is 37.6 Å². The minimum atomic E-state index is -3.71. The summed E-state index contributed by atoms with van der Waals surface area (Å²) in [5.41, 5.74) is 0.164. The second kappa shape index (κ2) is 9.50. The van der Waals surface area contributed by atoms with Crippen LogP contribution in [-0.4, -0.2) is 55.0 Å². The number of imide groups is 1. The zero-order valence-corrected chi connectivity index (χ0v) is 19.1. The van der Waals surface area contributed by atoms with Gasteiger partial charge in [0.05, 0.1) is 27.4 Å². The molecule has 1 saturated heterocycles. The molecule has 3 rings (SSSR count). The second-order valence-corrected chi connectivity index (χ2v) is 9.86. The van der Waals surface area contributed by atoms with Crippen LogP contribution in [0, 0.1) is 11.8 Å². The molecule has 1 aliphatic carbocycles. The van der Waals surface area contributed by atoms with E-state index in [4.69, 9.17) is 11.6 Å². The van der Waals surface area contributed by atoms with E-state index in [1.165, 1.54) is 22.5 Å². The third-order valence-electron chi connectivity index (χ3n) is 5.72. The lowest BCUT2D eigenvalue weighted by atomic mass is 9.85. The molecule has 0 saturated carbocycles. The molecule has 1 N–H and O–H groups in total. The average molecular weight is 468 g/mol. The first-order valence-corrected chi connectivity index (χ1v) is 12.1. The molecule has 0 radical (unpaired) electrons. The number of amides is 3. The molecule has 31 heavy (non-hydrogen) atoms. The fraction of sp³-hybridized carbons (Fsp3) is 0.476. The van der Waals surface area contributed by atoms with Gasteiger partial charge in [0.2, 0.25) is 27.7 Å². The van der Waals surface area contributed by atoms with Crippen molar-refractivity contribution in [1.29, 1.82) is 0 Å². The molecule has 1 aromatic rings. The third-order valence-corrected chi connectivity index (χ3v) is 8.09. The number of carbonyl (C=O) groups is 3. The Balaban J connectivity index is 1.67. The highest BCUT2D eigenvalue weighted by Crippen LogP contribution is 2.35. The van der Waals surface area contributed by atoms with Crippen LogP contribution in [0.5, 0.6) is 0 Å². The summed E-state index contributed by atoms with van der Waals surface area (Å²) in [5.74, 6) is -1.61. The predicted octanol–water partition coefficient (Wildman–Crippen LogP) is 2.65. The van der Waals surface area contributed by atoms with Crippen molar-refractivity contribution in [2.75, 3.05) is 25.0 Å². The molecule has 168 valence electrons. The Morgan fingerprint density at radius 2 is 1.71 bits per heavy atom. The highest BCUT2D eigenvalue weighted by Gasteiger charge is 2.46. The summed E-state index contributed by atoms with van der Waals surface area (Å²) in [5, 5.41) is 2.79. The predicted molar refractivity (Wildman–Crippen MR) is 117 cm³/mol. The number of sulfonamides is 1. The number of fused-ring (bicyclic) bond motifs is 1. The van der Waals surface area contributed by atoms with Crippen LogP contribution in [0.2, 0.25) is 5.02 Å². The molecular formula is C21H26ClN3O5S. The smallest absolute Gasteiger partial charge is 0.243 e. The molecule has 1 aliphatic heterocycles. The molecule has 3 amide bonds. The molecule has 2 atom stereocenters. The first-order valence-electron chi connectivity index (χ1n) is 10.3. The molecule has 8 nitrogen and oxygen atoms in total. The number of anilines is 1. The molecule has 10 heteroatoms. The standard InChI is InChI=1S/C21H26ClN3O5S/c1-3-24(4-2)31(29,30)14-9-10-17(22)18(13-14)23-19(26)11-12-25-20(27)15-7-5-6-8-16(15)21(25)28/h5-6,9-10,13,15-16H,3-4,7-8,11-12H2,1-2H3,(H,23,26). The summed E-state index contributed by atoms with van der Waals surface area (Å²) in [6.45, 7) is 4.10. The van der Waals surface area contributed by atoms with Crippen molar-refractivity contribution in [1.82, 2.24) is 9.21 Å². The first-order chi connectivity index (χ1) is 14.7. The maximum absolute atomic E-state index is 12.7. The molecule has 2 aliphatic rings. The van der Waals surface area contributed by atoms with Gasteiger partial charge >= 0.3 is 0 Å². The quantitative estimate of drug-likeness (QED) is 0.467. The van der Waals surface area contributed by atoms with Crippen molar-refractivity contribution < 1.29 is 22.8 Å². The van der Waals surface area contributed by atoms with Crippen LogP contribution in [0.15, 0.2) is 35.2 Å². The van der Waals surface area contributed by atoms with E-state index in [1.807, 2.05) is 12.2 Å². The molecule has 0 aromatic heterocycles. The molecule has 1 heterocycles. The van der Waals surface area contributed by atoms with Crippen LogP contribution in [0.4, 0.5) is 5.69 Å². The fourth-order valence-electron chi connectivity index (χ4n) is 3.99. The number of nitrogens with zero attached hydrogens (tertiary/aromatic N) is 2. The van der Waals surface area contributed by atoms with Crippen molar-refractivity contribution in [3.8, 4) is 0 Å². The largest absolute Gasteiger partial charge is 0.325 e. The van der Waals surface area contributed by atoms with Crippen molar-refractivity contribution >= 4 is 45.0 Å². The zero-order valence-electron chi connectivity index (χ0n) is 17.5. The van der Waals surface area contributed by atoms with E-state index >= 15 is 0 Å². The average Bonchev–Trinajstić information content (AvgIpc) is 2.99. The number of likely N-dealkylation sites (tertiary alicyclic amines) is 1. The summed E-state index contributed by atoms with van der Waals surface area (Å²) in [4.78, 5) is 38.6. The zero-order chi connectivity index (χ0) is 22.8. The summed E-state index contributed by atoms with van der Waals surface area (Å²) >= 11 is 6.15. The first kappa shape index (κ1) is 23.4. The topological polar surface area (TPSA) is 104 Å². The molecule has 0 spiro atoms. The highest BCUT2D eigenvalue weighted by atomic mass is 35.5. The lowest BCUT2D eigenvalue weighted by Gasteiger charge is -2.19. The van der Waals surface area contributed by atoms with Crippen molar-refractivity contribution in [2.24, 2.45) is 11.8 Å². The van der Waals surface area contributed by atoms with E-state index in [0.29, 0.717) is 25.9 Å². The van der Waals surface area contributed by atoms with E-state index < -0.39 is 15.9 Å². The van der Waals surface area contributed by atoms with Gasteiger partial charge in [0.1, 0.15) is 0 Å². The molecule has 1 fully saturated rings. The number of hydrogen-bond acceptors (Lipinski definition) is 5. The number of hydrogen-bond donors (Lipinski definition) is 1. The van der Waals surface area contributed by atoms with Crippen LogP contribution in [0.3, 0.4) is 0 Å². The SMILES string of the molecule is CCN(CC)S(=O)(=O)c1ccc(Cl)c(NC(=O)CCN2C(=O)C3CC=CCC3C2=O)c1. The Kier molecular flexibility index (Phi) is 7.18. The Labute approximate surface area is 187 Å². The Bertz CT molecular complexity index is 994. The second-order valence-electron chi connectivity index (χ2n) is 7.51. The van der Waals surface area contributed by atoms with Gasteiger partial charge in [-0.3, -0.25) is 19.3 Å². The van der Waals surface area contributed by atoms with E-state index in [9.17, 15) is 22.8 Å². The highest BCUT2D eigenvalue weighted by molar-refractivity contribution is 7.89. The van der Waals surface area contributed by atoms with Gasteiger partial charge in [0.15, 0.2) is 0 Å². The van der Waals surface area contributed by atoms with Gasteiger partial charge in [0.25, 0.3) is 0 Å². The Morgan fingerprint density at radius 1 is 1.13 bits per heavy atom. The molecule has 2 unspecified atom stereocenters. The molecule has 0 bridgehead atoms. The summed E-state index contributed by atoms with van der Waals surface area (Å²) in [7, 11) is -3.71. The van der Waals surface area contributed by atoms with Gasteiger partial charge in [-0.25, -0.2) is 8.42 Å². The maximum Gasteiger partial charge on any atom is 0.243 e. The van der Waals surface area contributed by atoms with Crippen LogP contribution < -0.4 is 5.32 Å². The van der Waals surface area contributed by atoms with Crippen LogP contribution in [-0.2, 0) is 24.4 Å². The maximum atomic E-state index is 12.7.